The zero-order valence-corrected chi connectivity index (χ0v) is 12.7. The Kier molecular flexibility index (Phi) is 5.58. The van der Waals surface area contributed by atoms with E-state index in [0.717, 1.165) is 6.42 Å². The molecule has 1 rings (SSSR count). The third-order valence-electron chi connectivity index (χ3n) is 3.11. The normalized spacial score (nSPS) is 13.6. The van der Waals surface area contributed by atoms with Gasteiger partial charge in [-0.25, -0.2) is 4.68 Å². The van der Waals surface area contributed by atoms with Crippen molar-refractivity contribution in [1.82, 2.24) is 9.78 Å². The Hall–Kier alpha value is -1.32. The van der Waals surface area contributed by atoms with Crippen LogP contribution in [-0.2, 0) is 6.54 Å². The minimum Gasteiger partial charge on any atom is -0.396 e. The van der Waals surface area contributed by atoms with Crippen molar-refractivity contribution in [2.75, 3.05) is 11.9 Å². The quantitative estimate of drug-likeness (QED) is 0.779. The number of hydrogen-bond acceptors (Lipinski definition) is 4. The Morgan fingerprint density at radius 1 is 1.68 bits per heavy atom. The molecule has 1 aromatic rings. The Morgan fingerprint density at radius 2 is 2.37 bits per heavy atom. The lowest BCUT2D eigenvalue weighted by Gasteiger charge is -2.30. The number of nitrogens with zero attached hydrogens (tertiary/aromatic N) is 2. The molecule has 6 heteroatoms. The minimum absolute atomic E-state index is 0.0799. The molecule has 1 unspecified atom stereocenters. The highest BCUT2D eigenvalue weighted by atomic mass is 79.9. The molecule has 1 atom stereocenters. The topological polar surface area (TPSA) is 67.2 Å². The van der Waals surface area contributed by atoms with Crippen molar-refractivity contribution >= 4 is 21.6 Å². The van der Waals surface area contributed by atoms with Crippen LogP contribution in [0.3, 0.4) is 0 Å². The monoisotopic (exact) mass is 327 g/mol. The molecule has 1 heterocycles. The molecule has 0 aliphatic carbocycles. The summed E-state index contributed by atoms with van der Waals surface area (Å²) >= 11 is 3.27. The smallest absolute Gasteiger partial charge is 0.284 e. The third kappa shape index (κ3) is 3.82. The molecule has 0 aromatic carbocycles. The van der Waals surface area contributed by atoms with Gasteiger partial charge in [0.05, 0.1) is 11.9 Å². The molecular weight excluding hydrogens is 310 g/mol. The molecule has 0 bridgehead atoms. The zero-order chi connectivity index (χ0) is 14.5. The predicted molar refractivity (Wildman–Crippen MR) is 79.1 cm³/mol. The standard InChI is InChI=1S/C13H18BrN3O2/c1-4-7-17-12(19)11(14)10(9-15-17)16-13(3,5-2)6-8-18/h1,9,16,18H,5-8H2,2-3H3. The van der Waals surface area contributed by atoms with E-state index < -0.39 is 0 Å². The average Bonchev–Trinajstić information content (AvgIpc) is 2.39. The minimum atomic E-state index is -0.288. The fourth-order valence-corrected chi connectivity index (χ4v) is 2.06. The van der Waals surface area contributed by atoms with E-state index in [2.05, 4.69) is 32.3 Å². The summed E-state index contributed by atoms with van der Waals surface area (Å²) in [6.07, 6.45) is 8.14. The first-order valence-corrected chi connectivity index (χ1v) is 6.85. The van der Waals surface area contributed by atoms with Crippen molar-refractivity contribution in [2.24, 2.45) is 0 Å². The summed E-state index contributed by atoms with van der Waals surface area (Å²) in [5, 5.41) is 16.4. The van der Waals surface area contributed by atoms with Crippen LogP contribution in [-0.4, -0.2) is 27.0 Å². The van der Waals surface area contributed by atoms with Crippen molar-refractivity contribution in [3.63, 3.8) is 0 Å². The number of halogens is 1. The van der Waals surface area contributed by atoms with E-state index in [4.69, 9.17) is 11.5 Å². The molecule has 5 nitrogen and oxygen atoms in total. The number of aliphatic hydroxyl groups is 1. The van der Waals surface area contributed by atoms with Gasteiger partial charge < -0.3 is 10.4 Å². The largest absolute Gasteiger partial charge is 0.396 e. The summed E-state index contributed by atoms with van der Waals surface area (Å²) < 4.78 is 1.61. The van der Waals surface area contributed by atoms with Gasteiger partial charge in [0.2, 0.25) is 0 Å². The van der Waals surface area contributed by atoms with Crippen molar-refractivity contribution in [2.45, 2.75) is 38.8 Å². The molecule has 0 aliphatic heterocycles. The lowest BCUT2D eigenvalue weighted by atomic mass is 9.95. The second-order valence-corrected chi connectivity index (χ2v) is 5.34. The third-order valence-corrected chi connectivity index (χ3v) is 3.87. The highest BCUT2D eigenvalue weighted by Crippen LogP contribution is 2.25. The zero-order valence-electron chi connectivity index (χ0n) is 11.1. The SMILES string of the molecule is C#CCn1ncc(NC(C)(CC)CCO)c(Br)c1=O. The molecule has 0 spiro atoms. The van der Waals surface area contributed by atoms with Gasteiger partial charge >= 0.3 is 0 Å². The number of nitrogens with one attached hydrogen (secondary N) is 1. The van der Waals surface area contributed by atoms with Crippen molar-refractivity contribution < 1.29 is 5.11 Å². The van der Waals surface area contributed by atoms with E-state index in [1.54, 1.807) is 6.20 Å². The number of terminal acetylenes is 1. The molecule has 0 radical (unpaired) electrons. The Bertz CT molecular complexity index is 536. The second kappa shape index (κ2) is 6.73. The van der Waals surface area contributed by atoms with Crippen molar-refractivity contribution in [3.8, 4) is 12.3 Å². The van der Waals surface area contributed by atoms with Crippen molar-refractivity contribution in [1.29, 1.82) is 0 Å². The van der Waals surface area contributed by atoms with E-state index in [-0.39, 0.29) is 24.2 Å². The van der Waals surface area contributed by atoms with E-state index in [0.29, 0.717) is 16.6 Å². The molecule has 104 valence electrons. The summed E-state index contributed by atoms with van der Waals surface area (Å²) in [4.78, 5) is 12.0. The highest BCUT2D eigenvalue weighted by molar-refractivity contribution is 9.10. The first-order valence-electron chi connectivity index (χ1n) is 6.05. The number of aliphatic hydroxyl groups excluding tert-OH is 1. The first kappa shape index (κ1) is 15.7. The van der Waals surface area contributed by atoms with E-state index in [1.165, 1.54) is 4.68 Å². The van der Waals surface area contributed by atoms with Gasteiger partial charge in [-0.05, 0) is 35.7 Å². The van der Waals surface area contributed by atoms with E-state index in [1.807, 2.05) is 13.8 Å². The van der Waals surface area contributed by atoms with Crippen LogP contribution < -0.4 is 10.9 Å². The fourth-order valence-electron chi connectivity index (χ4n) is 1.65. The Balaban J connectivity index is 3.07. The number of hydrogen-bond donors (Lipinski definition) is 2. The fraction of sp³-hybridized carbons (Fsp3) is 0.538. The van der Waals surface area contributed by atoms with Crippen LogP contribution in [0.15, 0.2) is 15.5 Å². The molecule has 19 heavy (non-hydrogen) atoms. The van der Waals surface area contributed by atoms with E-state index >= 15 is 0 Å². The van der Waals surface area contributed by atoms with Crippen LogP contribution in [0, 0.1) is 12.3 Å². The Labute approximate surface area is 121 Å². The first-order chi connectivity index (χ1) is 8.97. The Morgan fingerprint density at radius 3 is 2.89 bits per heavy atom. The van der Waals surface area contributed by atoms with Gasteiger partial charge in [0.1, 0.15) is 11.0 Å². The summed E-state index contributed by atoms with van der Waals surface area (Å²) in [7, 11) is 0. The molecule has 1 aromatic heterocycles. The molecular formula is C13H18BrN3O2. The van der Waals surface area contributed by atoms with Gasteiger partial charge in [-0.3, -0.25) is 4.79 Å². The highest BCUT2D eigenvalue weighted by Gasteiger charge is 2.23. The van der Waals surface area contributed by atoms with Crippen LogP contribution in [0.5, 0.6) is 0 Å². The summed E-state index contributed by atoms with van der Waals surface area (Å²) in [5.41, 5.74) is 0.0467. The van der Waals surface area contributed by atoms with Gasteiger partial charge in [0.25, 0.3) is 5.56 Å². The van der Waals surface area contributed by atoms with Crippen LogP contribution in [0.25, 0.3) is 0 Å². The lowest BCUT2D eigenvalue weighted by Crippen LogP contribution is -2.36. The summed E-state index contributed by atoms with van der Waals surface area (Å²) in [6, 6.07) is 0. The number of aromatic nitrogens is 2. The van der Waals surface area contributed by atoms with Crippen LogP contribution in [0.1, 0.15) is 26.7 Å². The number of rotatable bonds is 6. The van der Waals surface area contributed by atoms with E-state index in [9.17, 15) is 4.79 Å². The maximum absolute atomic E-state index is 12.0. The van der Waals surface area contributed by atoms with Gasteiger partial charge in [-0.1, -0.05) is 12.8 Å². The van der Waals surface area contributed by atoms with Gasteiger partial charge in [-0.2, -0.15) is 5.10 Å². The number of anilines is 1. The lowest BCUT2D eigenvalue weighted by molar-refractivity contribution is 0.252. The van der Waals surface area contributed by atoms with Crippen LogP contribution in [0.4, 0.5) is 5.69 Å². The second-order valence-electron chi connectivity index (χ2n) is 4.55. The molecule has 2 N–H and O–H groups in total. The van der Waals surface area contributed by atoms with Gasteiger partial charge in [-0.15, -0.1) is 6.42 Å². The average molecular weight is 328 g/mol. The molecule has 0 fully saturated rings. The molecule has 0 saturated heterocycles. The molecule has 0 amide bonds. The molecule has 0 saturated carbocycles. The predicted octanol–water partition coefficient (Wildman–Crippen LogP) is 1.60. The van der Waals surface area contributed by atoms with Crippen molar-refractivity contribution in [3.05, 3.63) is 21.0 Å². The van der Waals surface area contributed by atoms with Crippen LogP contribution >= 0.6 is 15.9 Å². The summed E-state index contributed by atoms with van der Waals surface area (Å²) in [6.45, 7) is 4.22. The van der Waals surface area contributed by atoms with Crippen LogP contribution in [0.2, 0.25) is 0 Å². The van der Waals surface area contributed by atoms with Gasteiger partial charge in [0, 0.05) is 12.1 Å². The summed E-state index contributed by atoms with van der Waals surface area (Å²) in [5.74, 6) is 2.38. The molecule has 0 aliphatic rings. The maximum Gasteiger partial charge on any atom is 0.284 e. The van der Waals surface area contributed by atoms with Gasteiger partial charge in [0.15, 0.2) is 0 Å². The maximum atomic E-state index is 12.0.